The third-order valence-electron chi connectivity index (χ3n) is 7.16. The molecule has 2 aliphatic rings. The number of nitrogens with one attached hydrogen (secondary N) is 1. The molecule has 216 valence electrons. The van der Waals surface area contributed by atoms with Crippen molar-refractivity contribution >= 4 is 27.6 Å². The van der Waals surface area contributed by atoms with Crippen LogP contribution < -0.4 is 19.1 Å². The monoisotopic (exact) mass is 590 g/mol. The smallest absolute Gasteiger partial charge is 0.387 e. The minimum Gasteiger partial charge on any atom is -0.486 e. The van der Waals surface area contributed by atoms with E-state index in [1.54, 1.807) is 19.1 Å². The van der Waals surface area contributed by atoms with Gasteiger partial charge in [-0.1, -0.05) is 18.2 Å². The zero-order valence-electron chi connectivity index (χ0n) is 21.6. The molecule has 3 aromatic carbocycles. The number of sulfonamides is 1. The third kappa shape index (κ3) is 5.41. The molecule has 0 saturated carbocycles. The molecule has 0 unspecified atom stereocenters. The highest BCUT2D eigenvalue weighted by molar-refractivity contribution is 7.92. The molecule has 0 aromatic heterocycles. The highest BCUT2D eigenvalue weighted by atomic mass is 32.2. The summed E-state index contributed by atoms with van der Waals surface area (Å²) >= 11 is 0. The lowest BCUT2D eigenvalue weighted by Gasteiger charge is -2.38. The van der Waals surface area contributed by atoms with E-state index in [1.807, 2.05) is 0 Å². The molecule has 0 aliphatic carbocycles. The number of hydrogen-bond donors (Lipinski definition) is 2. The van der Waals surface area contributed by atoms with Gasteiger partial charge < -0.3 is 19.9 Å². The summed E-state index contributed by atoms with van der Waals surface area (Å²) in [6.45, 7) is -1.61. The normalized spacial score (nSPS) is 20.4. The van der Waals surface area contributed by atoms with E-state index in [1.165, 1.54) is 36.4 Å². The van der Waals surface area contributed by atoms with Gasteiger partial charge in [0.15, 0.2) is 5.41 Å². The lowest BCUT2D eigenvalue weighted by Crippen LogP contribution is -2.49. The van der Waals surface area contributed by atoms with Crippen LogP contribution in [0.5, 0.6) is 11.5 Å². The molecule has 1 saturated heterocycles. The van der Waals surface area contributed by atoms with Gasteiger partial charge in [0, 0.05) is 19.0 Å². The number of amides is 1. The molecule has 2 atom stereocenters. The van der Waals surface area contributed by atoms with E-state index in [0.29, 0.717) is 5.56 Å². The van der Waals surface area contributed by atoms with Crippen LogP contribution in [0.4, 0.5) is 18.9 Å². The van der Waals surface area contributed by atoms with Crippen molar-refractivity contribution in [3.63, 3.8) is 0 Å². The van der Waals surface area contributed by atoms with Gasteiger partial charge in [-0.25, -0.2) is 12.8 Å². The van der Waals surface area contributed by atoms with E-state index < -0.39 is 51.6 Å². The molecule has 3 aromatic rings. The van der Waals surface area contributed by atoms with Gasteiger partial charge in [-0.05, 0) is 66.4 Å². The summed E-state index contributed by atoms with van der Waals surface area (Å²) in [5.74, 6) is -3.18. The van der Waals surface area contributed by atoms with Gasteiger partial charge in [-0.15, -0.1) is 0 Å². The van der Waals surface area contributed by atoms with Crippen LogP contribution in [0.3, 0.4) is 0 Å². The van der Waals surface area contributed by atoms with E-state index in [0.717, 1.165) is 16.4 Å². The summed E-state index contributed by atoms with van der Waals surface area (Å²) in [5, 5.41) is 12.4. The summed E-state index contributed by atoms with van der Waals surface area (Å²) < 4.78 is 79.2. The van der Waals surface area contributed by atoms with Gasteiger partial charge in [0.05, 0.1) is 17.1 Å². The van der Waals surface area contributed by atoms with Gasteiger partial charge in [0.1, 0.15) is 23.4 Å². The number of halogens is 3. The zero-order chi connectivity index (χ0) is 29.5. The number of benzene rings is 3. The Balaban J connectivity index is 1.60. The Morgan fingerprint density at radius 3 is 2.61 bits per heavy atom. The Labute approximate surface area is 233 Å². The van der Waals surface area contributed by atoms with Crippen LogP contribution >= 0.6 is 0 Å². The molecule has 0 bridgehead atoms. The summed E-state index contributed by atoms with van der Waals surface area (Å²) in [6, 6.07) is 13.6. The Morgan fingerprint density at radius 2 is 1.95 bits per heavy atom. The number of aliphatic carboxylic acids is 1. The highest BCUT2D eigenvalue weighted by Gasteiger charge is 2.52. The van der Waals surface area contributed by atoms with Crippen molar-refractivity contribution in [3.8, 4) is 22.6 Å². The standard InChI is InChI=1S/C28H25F3N2O7S/c1-16-3-2-4-22(9-16)41(37,38)33-15-21(14-28(26(35)36)7-8-32-25(28)34)39-24-6-5-17(12-23(24)33)18-10-19(29)13-20(11-18)40-27(30)31/h2-6,9-13,21,27H,7-8,14-15H2,1H3,(H,32,34)(H,35,36)/t21-,28-/m0/s1. The molecular weight excluding hydrogens is 565 g/mol. The predicted molar refractivity (Wildman–Crippen MR) is 141 cm³/mol. The number of nitrogens with zero attached hydrogens (tertiary/aromatic N) is 1. The molecule has 0 radical (unpaired) electrons. The largest absolute Gasteiger partial charge is 0.486 e. The molecule has 1 amide bonds. The van der Waals surface area contributed by atoms with E-state index in [-0.39, 0.29) is 53.4 Å². The van der Waals surface area contributed by atoms with Crippen LogP contribution in [0.2, 0.25) is 0 Å². The summed E-state index contributed by atoms with van der Waals surface area (Å²) in [4.78, 5) is 24.7. The molecule has 2 aliphatic heterocycles. The number of aryl methyl sites for hydroxylation is 1. The lowest BCUT2D eigenvalue weighted by atomic mass is 9.80. The van der Waals surface area contributed by atoms with Gasteiger partial charge >= 0.3 is 12.6 Å². The van der Waals surface area contributed by atoms with Crippen molar-refractivity contribution in [2.45, 2.75) is 37.4 Å². The van der Waals surface area contributed by atoms with Crippen LogP contribution in [0.1, 0.15) is 18.4 Å². The molecule has 13 heteroatoms. The Hall–Kier alpha value is -4.26. The topological polar surface area (TPSA) is 122 Å². The summed E-state index contributed by atoms with van der Waals surface area (Å²) in [7, 11) is -4.24. The predicted octanol–water partition coefficient (Wildman–Crippen LogP) is 4.34. The fourth-order valence-corrected chi connectivity index (χ4v) is 6.78. The van der Waals surface area contributed by atoms with Crippen LogP contribution in [-0.2, 0) is 19.6 Å². The number of alkyl halides is 2. The SMILES string of the molecule is Cc1cccc(S(=O)(=O)N2C[C@H](C[C@@]3(C(=O)O)CCNC3=O)Oc3ccc(-c4cc(F)cc(OC(F)F)c4)cc32)c1. The number of carboxylic acids is 1. The van der Waals surface area contributed by atoms with Gasteiger partial charge in [-0.3, -0.25) is 13.9 Å². The molecule has 0 spiro atoms. The molecular formula is C28H25F3N2O7S. The van der Waals surface area contributed by atoms with Gasteiger partial charge in [-0.2, -0.15) is 8.78 Å². The van der Waals surface area contributed by atoms with Crippen LogP contribution in [0.15, 0.2) is 65.6 Å². The van der Waals surface area contributed by atoms with Crippen LogP contribution in [-0.4, -0.2) is 51.2 Å². The second-order valence-corrected chi connectivity index (χ2v) is 11.8. The Morgan fingerprint density at radius 1 is 1.17 bits per heavy atom. The first-order valence-electron chi connectivity index (χ1n) is 12.6. The number of ether oxygens (including phenoxy) is 2. The Bertz CT molecular complexity index is 1630. The van der Waals surface area contributed by atoms with E-state index in [2.05, 4.69) is 10.1 Å². The molecule has 2 heterocycles. The fourth-order valence-electron chi connectivity index (χ4n) is 5.18. The molecule has 41 heavy (non-hydrogen) atoms. The van der Waals surface area contributed by atoms with Crippen LogP contribution in [0.25, 0.3) is 11.1 Å². The number of fused-ring (bicyclic) bond motifs is 1. The maximum absolute atomic E-state index is 14.3. The van der Waals surface area contributed by atoms with Crippen molar-refractivity contribution in [2.75, 3.05) is 17.4 Å². The number of carboxylic acid groups (broad SMARTS) is 1. The second-order valence-electron chi connectivity index (χ2n) is 9.93. The molecule has 2 N–H and O–H groups in total. The number of hydrogen-bond acceptors (Lipinski definition) is 6. The second kappa shape index (κ2) is 10.6. The first-order chi connectivity index (χ1) is 19.4. The molecule has 5 rings (SSSR count). The summed E-state index contributed by atoms with van der Waals surface area (Å²) in [5.41, 5.74) is -0.606. The molecule has 1 fully saturated rings. The van der Waals surface area contributed by atoms with Crippen molar-refractivity contribution < 1.29 is 45.8 Å². The quantitative estimate of drug-likeness (QED) is 0.375. The number of carbonyl (C=O) groups is 2. The highest BCUT2D eigenvalue weighted by Crippen LogP contribution is 2.43. The van der Waals surface area contributed by atoms with Crippen molar-refractivity contribution in [1.29, 1.82) is 0 Å². The van der Waals surface area contributed by atoms with Crippen molar-refractivity contribution in [2.24, 2.45) is 5.41 Å². The fraction of sp³-hybridized carbons (Fsp3) is 0.286. The minimum atomic E-state index is -4.24. The maximum Gasteiger partial charge on any atom is 0.387 e. The first-order valence-corrected chi connectivity index (χ1v) is 14.0. The van der Waals surface area contributed by atoms with Gasteiger partial charge in [0.25, 0.3) is 10.0 Å². The van der Waals surface area contributed by atoms with E-state index in [9.17, 15) is 36.3 Å². The average molecular weight is 591 g/mol. The molecule has 9 nitrogen and oxygen atoms in total. The minimum absolute atomic E-state index is 0.0139. The van der Waals surface area contributed by atoms with Crippen LogP contribution in [0, 0.1) is 18.2 Å². The van der Waals surface area contributed by atoms with E-state index >= 15 is 0 Å². The summed E-state index contributed by atoms with van der Waals surface area (Å²) in [6.07, 6.45) is -1.28. The lowest BCUT2D eigenvalue weighted by molar-refractivity contribution is -0.155. The van der Waals surface area contributed by atoms with Gasteiger partial charge in [0.2, 0.25) is 5.91 Å². The number of anilines is 1. The van der Waals surface area contributed by atoms with E-state index in [4.69, 9.17) is 4.74 Å². The zero-order valence-corrected chi connectivity index (χ0v) is 22.5. The average Bonchev–Trinajstić information content (AvgIpc) is 3.28. The number of carbonyl (C=O) groups excluding carboxylic acids is 1. The third-order valence-corrected chi connectivity index (χ3v) is 8.93. The van der Waals surface area contributed by atoms with Crippen molar-refractivity contribution in [1.82, 2.24) is 5.32 Å². The van der Waals surface area contributed by atoms with Crippen molar-refractivity contribution in [3.05, 3.63) is 72.0 Å². The number of rotatable bonds is 8. The first kappa shape index (κ1) is 28.3. The maximum atomic E-state index is 14.3. The Kier molecular flexibility index (Phi) is 7.32.